The predicted octanol–water partition coefficient (Wildman–Crippen LogP) is 3.24. The van der Waals surface area contributed by atoms with E-state index in [1.807, 2.05) is 4.90 Å². The third-order valence-electron chi connectivity index (χ3n) is 4.03. The van der Waals surface area contributed by atoms with Crippen LogP contribution in [-0.2, 0) is 4.79 Å². The molecule has 0 aromatic heterocycles. The summed E-state index contributed by atoms with van der Waals surface area (Å²) in [5.74, 6) is 0.992. The van der Waals surface area contributed by atoms with E-state index in [0.29, 0.717) is 19.0 Å². The Morgan fingerprint density at radius 2 is 1.95 bits per heavy atom. The van der Waals surface area contributed by atoms with Crippen molar-refractivity contribution in [2.75, 3.05) is 18.9 Å². The Balaban J connectivity index is 1.79. The second kappa shape index (κ2) is 8.44. The van der Waals surface area contributed by atoms with Gasteiger partial charge in [0, 0.05) is 29.7 Å². The maximum Gasteiger partial charge on any atom is 0.223 e. The highest BCUT2D eigenvalue weighted by molar-refractivity contribution is 7.99. The van der Waals surface area contributed by atoms with Crippen molar-refractivity contribution >= 4 is 17.7 Å². The van der Waals surface area contributed by atoms with Crippen LogP contribution in [0, 0.1) is 6.92 Å². The Morgan fingerprint density at radius 1 is 1.29 bits per heavy atom. The second-order valence-corrected chi connectivity index (χ2v) is 6.83. The molecule has 2 rings (SSSR count). The molecule has 0 aliphatic heterocycles. The molecular weight excluding hydrogens is 282 g/mol. The Bertz CT molecular complexity index is 441. The molecule has 1 aromatic carbocycles. The van der Waals surface area contributed by atoms with E-state index >= 15 is 0 Å². The first kappa shape index (κ1) is 16.4. The van der Waals surface area contributed by atoms with Crippen LogP contribution in [-0.4, -0.2) is 40.9 Å². The van der Waals surface area contributed by atoms with Crippen LogP contribution in [0.2, 0.25) is 0 Å². The average Bonchev–Trinajstić information content (AvgIpc) is 3.00. The highest BCUT2D eigenvalue weighted by Gasteiger charge is 2.25. The number of amides is 1. The van der Waals surface area contributed by atoms with E-state index in [1.54, 1.807) is 11.8 Å². The molecule has 0 bridgehead atoms. The van der Waals surface area contributed by atoms with Crippen molar-refractivity contribution in [1.29, 1.82) is 0 Å². The predicted molar refractivity (Wildman–Crippen MR) is 87.6 cm³/mol. The lowest BCUT2D eigenvalue weighted by molar-refractivity contribution is -0.133. The number of aryl methyl sites for hydroxylation is 1. The van der Waals surface area contributed by atoms with E-state index in [0.717, 1.165) is 18.6 Å². The van der Waals surface area contributed by atoms with Gasteiger partial charge in [-0.3, -0.25) is 4.79 Å². The number of thioether (sulfide) groups is 1. The maximum absolute atomic E-state index is 12.4. The van der Waals surface area contributed by atoms with Crippen LogP contribution in [0.3, 0.4) is 0 Å². The zero-order valence-corrected chi connectivity index (χ0v) is 13.6. The SMILES string of the molecule is Cc1ccc(SCCC(=O)N(CCO)C2CCCC2)cc1. The molecule has 116 valence electrons. The van der Waals surface area contributed by atoms with Gasteiger partial charge in [0.15, 0.2) is 0 Å². The first-order valence-electron chi connectivity index (χ1n) is 7.80. The van der Waals surface area contributed by atoms with Gasteiger partial charge in [0.1, 0.15) is 0 Å². The Morgan fingerprint density at radius 3 is 2.57 bits per heavy atom. The van der Waals surface area contributed by atoms with E-state index in [2.05, 4.69) is 31.2 Å². The molecule has 1 amide bonds. The molecule has 0 heterocycles. The third kappa shape index (κ3) is 5.04. The van der Waals surface area contributed by atoms with E-state index in [-0.39, 0.29) is 12.5 Å². The molecule has 1 fully saturated rings. The molecule has 1 aliphatic carbocycles. The summed E-state index contributed by atoms with van der Waals surface area (Å²) >= 11 is 1.73. The van der Waals surface area contributed by atoms with Gasteiger partial charge in [-0.25, -0.2) is 0 Å². The minimum Gasteiger partial charge on any atom is -0.395 e. The van der Waals surface area contributed by atoms with Gasteiger partial charge in [0.2, 0.25) is 5.91 Å². The number of carbonyl (C=O) groups excluding carboxylic acids is 1. The van der Waals surface area contributed by atoms with Crippen LogP contribution in [0.25, 0.3) is 0 Å². The fourth-order valence-corrected chi connectivity index (χ4v) is 3.71. The van der Waals surface area contributed by atoms with E-state index in [4.69, 9.17) is 0 Å². The number of benzene rings is 1. The fraction of sp³-hybridized carbons (Fsp3) is 0.588. The Labute approximate surface area is 131 Å². The van der Waals surface area contributed by atoms with Gasteiger partial charge in [-0.05, 0) is 31.9 Å². The average molecular weight is 307 g/mol. The smallest absolute Gasteiger partial charge is 0.223 e. The van der Waals surface area contributed by atoms with Crippen LogP contribution < -0.4 is 0 Å². The minimum atomic E-state index is 0.0628. The number of rotatable bonds is 7. The zero-order valence-electron chi connectivity index (χ0n) is 12.8. The molecule has 0 unspecified atom stereocenters. The molecule has 0 atom stereocenters. The largest absolute Gasteiger partial charge is 0.395 e. The topological polar surface area (TPSA) is 40.5 Å². The molecule has 0 saturated heterocycles. The number of carbonyl (C=O) groups is 1. The van der Waals surface area contributed by atoms with Gasteiger partial charge in [-0.15, -0.1) is 11.8 Å². The molecule has 1 aromatic rings. The summed E-state index contributed by atoms with van der Waals surface area (Å²) in [7, 11) is 0. The molecule has 1 aliphatic rings. The second-order valence-electron chi connectivity index (χ2n) is 5.66. The van der Waals surface area contributed by atoms with Gasteiger partial charge >= 0.3 is 0 Å². The highest BCUT2D eigenvalue weighted by atomic mass is 32.2. The van der Waals surface area contributed by atoms with Crippen molar-refractivity contribution in [2.45, 2.75) is 50.0 Å². The van der Waals surface area contributed by atoms with Crippen LogP contribution in [0.1, 0.15) is 37.7 Å². The van der Waals surface area contributed by atoms with Crippen LogP contribution in [0.15, 0.2) is 29.2 Å². The van der Waals surface area contributed by atoms with Gasteiger partial charge in [0.05, 0.1) is 6.61 Å². The quantitative estimate of drug-likeness (QED) is 0.786. The van der Waals surface area contributed by atoms with E-state index < -0.39 is 0 Å². The lowest BCUT2D eigenvalue weighted by Crippen LogP contribution is -2.40. The lowest BCUT2D eigenvalue weighted by atomic mass is 10.2. The van der Waals surface area contributed by atoms with Crippen molar-refractivity contribution in [3.63, 3.8) is 0 Å². The van der Waals surface area contributed by atoms with Crippen LogP contribution in [0.5, 0.6) is 0 Å². The van der Waals surface area contributed by atoms with Gasteiger partial charge in [-0.1, -0.05) is 30.5 Å². The lowest BCUT2D eigenvalue weighted by Gasteiger charge is -2.28. The van der Waals surface area contributed by atoms with Crippen LogP contribution in [0.4, 0.5) is 0 Å². The Hall–Kier alpha value is -1.00. The minimum absolute atomic E-state index is 0.0628. The van der Waals surface area contributed by atoms with Crippen molar-refractivity contribution in [2.24, 2.45) is 0 Å². The van der Waals surface area contributed by atoms with Gasteiger partial charge in [-0.2, -0.15) is 0 Å². The van der Waals surface area contributed by atoms with Gasteiger partial charge in [0.25, 0.3) is 0 Å². The van der Waals surface area contributed by atoms with Crippen molar-refractivity contribution in [1.82, 2.24) is 4.90 Å². The Kier molecular flexibility index (Phi) is 6.58. The molecule has 4 heteroatoms. The van der Waals surface area contributed by atoms with E-state index in [9.17, 15) is 9.90 Å². The summed E-state index contributed by atoms with van der Waals surface area (Å²) in [6, 6.07) is 8.76. The third-order valence-corrected chi connectivity index (χ3v) is 5.05. The summed E-state index contributed by atoms with van der Waals surface area (Å²) < 4.78 is 0. The summed E-state index contributed by atoms with van der Waals surface area (Å²) in [6.45, 7) is 2.62. The number of aliphatic hydroxyl groups excluding tert-OH is 1. The number of aliphatic hydroxyl groups is 1. The van der Waals surface area contributed by atoms with Gasteiger partial charge < -0.3 is 10.0 Å². The molecule has 1 N–H and O–H groups in total. The molecule has 1 saturated carbocycles. The molecular formula is C17H25NO2S. The molecule has 0 radical (unpaired) electrons. The molecule has 0 spiro atoms. The van der Waals surface area contributed by atoms with Crippen molar-refractivity contribution < 1.29 is 9.90 Å². The number of nitrogens with zero attached hydrogens (tertiary/aromatic N) is 1. The number of hydrogen-bond donors (Lipinski definition) is 1. The molecule has 3 nitrogen and oxygen atoms in total. The maximum atomic E-state index is 12.4. The van der Waals surface area contributed by atoms with E-state index in [1.165, 1.54) is 23.3 Å². The van der Waals surface area contributed by atoms with Crippen LogP contribution >= 0.6 is 11.8 Å². The summed E-state index contributed by atoms with van der Waals surface area (Å²) in [5.41, 5.74) is 1.26. The summed E-state index contributed by atoms with van der Waals surface area (Å²) in [5, 5.41) is 9.18. The summed E-state index contributed by atoms with van der Waals surface area (Å²) in [4.78, 5) is 15.5. The zero-order chi connectivity index (χ0) is 15.1. The first-order valence-corrected chi connectivity index (χ1v) is 8.79. The fourth-order valence-electron chi connectivity index (χ4n) is 2.87. The van der Waals surface area contributed by atoms with Crippen molar-refractivity contribution in [3.8, 4) is 0 Å². The highest BCUT2D eigenvalue weighted by Crippen LogP contribution is 2.25. The summed E-state index contributed by atoms with van der Waals surface area (Å²) in [6.07, 6.45) is 5.15. The first-order chi connectivity index (χ1) is 10.2. The molecule has 21 heavy (non-hydrogen) atoms. The monoisotopic (exact) mass is 307 g/mol. The number of hydrogen-bond acceptors (Lipinski definition) is 3. The normalized spacial score (nSPS) is 15.3. The standard InChI is InChI=1S/C17H25NO2S/c1-14-6-8-16(9-7-14)21-13-10-17(20)18(11-12-19)15-4-2-3-5-15/h6-9,15,19H,2-5,10-13H2,1H3. The van der Waals surface area contributed by atoms with Crippen molar-refractivity contribution in [3.05, 3.63) is 29.8 Å².